The van der Waals surface area contributed by atoms with Gasteiger partial charge in [0.25, 0.3) is 5.91 Å². The summed E-state index contributed by atoms with van der Waals surface area (Å²) in [6.07, 6.45) is 6.42. The largest absolute Gasteiger partial charge is 0.399 e. The first kappa shape index (κ1) is 17.9. The molecule has 3 atom stereocenters. The van der Waals surface area contributed by atoms with Crippen LogP contribution in [0.1, 0.15) is 66.2 Å². The Morgan fingerprint density at radius 3 is 2.52 bits per heavy atom. The quantitative estimate of drug-likeness (QED) is 0.645. The minimum absolute atomic E-state index is 0.00195. The van der Waals surface area contributed by atoms with Gasteiger partial charge >= 0.3 is 0 Å². The number of nitrogens with two attached hydrogens (primary N) is 1. The van der Waals surface area contributed by atoms with Crippen LogP contribution in [0.4, 0.5) is 5.69 Å². The summed E-state index contributed by atoms with van der Waals surface area (Å²) in [5, 5.41) is 0. The first-order valence-electron chi connectivity index (χ1n) is 9.55. The van der Waals surface area contributed by atoms with Crippen LogP contribution in [-0.2, 0) is 0 Å². The van der Waals surface area contributed by atoms with E-state index in [0.29, 0.717) is 16.8 Å². The van der Waals surface area contributed by atoms with Gasteiger partial charge in [-0.25, -0.2) is 0 Å². The lowest BCUT2D eigenvalue weighted by atomic mass is 9.93. The van der Waals surface area contributed by atoms with E-state index in [9.17, 15) is 9.59 Å². The van der Waals surface area contributed by atoms with Crippen molar-refractivity contribution in [3.05, 3.63) is 29.3 Å². The van der Waals surface area contributed by atoms with E-state index in [1.54, 1.807) is 18.2 Å². The average Bonchev–Trinajstić information content (AvgIpc) is 2.61. The van der Waals surface area contributed by atoms with Gasteiger partial charge < -0.3 is 15.5 Å². The number of nitrogen functional groups attached to an aromatic ring is 1. The molecule has 2 aliphatic heterocycles. The number of nitrogens with zero attached hydrogens (tertiary/aromatic N) is 1. The Bertz CT molecular complexity index is 606. The number of benzene rings is 1. The van der Waals surface area contributed by atoms with Gasteiger partial charge in [0.05, 0.1) is 13.6 Å². The van der Waals surface area contributed by atoms with Crippen LogP contribution in [-0.4, -0.2) is 48.8 Å². The Morgan fingerprint density at radius 2 is 1.80 bits per heavy atom. The molecule has 2 saturated heterocycles. The maximum Gasteiger partial charge on any atom is 0.254 e. The number of carbonyl (C=O) groups excluding carboxylic acids is 2. The van der Waals surface area contributed by atoms with Gasteiger partial charge in [0.1, 0.15) is 0 Å². The number of hydrogen-bond acceptors (Lipinski definition) is 3. The summed E-state index contributed by atoms with van der Waals surface area (Å²) in [4.78, 5) is 29.1. The molecule has 2 fully saturated rings. The van der Waals surface area contributed by atoms with E-state index in [1.165, 1.54) is 17.7 Å². The van der Waals surface area contributed by atoms with Crippen molar-refractivity contribution in [3.8, 4) is 0 Å². The number of carbonyl (C=O) groups is 2. The molecule has 0 spiro atoms. The van der Waals surface area contributed by atoms with Crippen molar-refractivity contribution in [2.24, 2.45) is 0 Å². The van der Waals surface area contributed by atoms with E-state index >= 15 is 0 Å². The van der Waals surface area contributed by atoms with Crippen molar-refractivity contribution < 1.29 is 14.5 Å². The fourth-order valence-corrected chi connectivity index (χ4v) is 4.21. The first-order chi connectivity index (χ1) is 12.0. The molecule has 2 aliphatic rings. The van der Waals surface area contributed by atoms with Crippen LogP contribution in [0.15, 0.2) is 18.2 Å². The predicted molar refractivity (Wildman–Crippen MR) is 98.9 cm³/mol. The number of hydrogen-bond donors (Lipinski definition) is 2. The highest BCUT2D eigenvalue weighted by Crippen LogP contribution is 2.22. The normalized spacial score (nSPS) is 27.1. The summed E-state index contributed by atoms with van der Waals surface area (Å²) < 4.78 is 0. The molecule has 1 amide bonds. The second-order valence-corrected chi connectivity index (χ2v) is 7.70. The fraction of sp³-hybridized carbons (Fsp3) is 0.600. The van der Waals surface area contributed by atoms with Crippen LogP contribution < -0.4 is 10.6 Å². The molecule has 1 aromatic carbocycles. The highest BCUT2D eigenvalue weighted by molar-refractivity contribution is 6.03. The van der Waals surface area contributed by atoms with Gasteiger partial charge in [-0.3, -0.25) is 9.59 Å². The Labute approximate surface area is 150 Å². The number of amides is 1. The molecule has 0 saturated carbocycles. The second-order valence-electron chi connectivity index (χ2n) is 7.70. The molecule has 0 bridgehead atoms. The number of likely N-dealkylation sites (tertiary alicyclic amines) is 2. The molecular formula is C20H30N3O2+. The number of Topliss-reactive ketones (excluding diaryl/α,β-unsaturated/α-hetero) is 1. The van der Waals surface area contributed by atoms with Crippen LogP contribution in [0.25, 0.3) is 0 Å². The molecule has 0 aliphatic carbocycles. The average molecular weight is 344 g/mol. The predicted octanol–water partition coefficient (Wildman–Crippen LogP) is 1.53. The van der Waals surface area contributed by atoms with Crippen molar-refractivity contribution in [1.82, 2.24) is 4.90 Å². The molecule has 3 rings (SSSR count). The standard InChI is InChI=1S/C20H29N3O2/c1-14-7-3-6-10-23(14)20(25)16-11-15(12-17(21)13-16)19(24)18-8-4-5-9-22(18)2/h11-14,18H,3-10,21H2,1-2H3/p+1/t14-,18-/m1/s1. The fourth-order valence-electron chi connectivity index (χ4n) is 4.21. The number of ketones is 1. The van der Waals surface area contributed by atoms with Crippen molar-refractivity contribution >= 4 is 17.4 Å². The Morgan fingerprint density at radius 1 is 1.08 bits per heavy atom. The van der Waals surface area contributed by atoms with Crippen molar-refractivity contribution in [2.45, 2.75) is 57.5 Å². The zero-order valence-electron chi connectivity index (χ0n) is 15.4. The van der Waals surface area contributed by atoms with Gasteiger partial charge in [-0.15, -0.1) is 0 Å². The van der Waals surface area contributed by atoms with Crippen LogP contribution in [0.3, 0.4) is 0 Å². The van der Waals surface area contributed by atoms with E-state index in [0.717, 1.165) is 38.8 Å². The topological polar surface area (TPSA) is 67.8 Å². The van der Waals surface area contributed by atoms with Crippen LogP contribution in [0, 0.1) is 0 Å². The van der Waals surface area contributed by atoms with E-state index < -0.39 is 0 Å². The van der Waals surface area contributed by atoms with E-state index in [-0.39, 0.29) is 23.8 Å². The Balaban J connectivity index is 1.85. The summed E-state index contributed by atoms with van der Waals surface area (Å²) in [6.45, 7) is 3.90. The Kier molecular flexibility index (Phi) is 5.42. The monoisotopic (exact) mass is 344 g/mol. The van der Waals surface area contributed by atoms with Crippen LogP contribution in [0.2, 0.25) is 0 Å². The van der Waals surface area contributed by atoms with Crippen LogP contribution in [0.5, 0.6) is 0 Å². The number of nitrogens with one attached hydrogen (secondary N) is 1. The molecule has 25 heavy (non-hydrogen) atoms. The van der Waals surface area contributed by atoms with E-state index in [4.69, 9.17) is 5.73 Å². The third kappa shape index (κ3) is 3.87. The molecule has 1 aromatic rings. The summed E-state index contributed by atoms with van der Waals surface area (Å²) in [5.74, 6) is 0.114. The van der Waals surface area contributed by atoms with Gasteiger partial charge in [0, 0.05) is 35.8 Å². The molecule has 0 aromatic heterocycles. The lowest BCUT2D eigenvalue weighted by molar-refractivity contribution is -0.900. The molecular weight excluding hydrogens is 314 g/mol. The molecule has 1 unspecified atom stereocenters. The molecule has 5 nitrogen and oxygen atoms in total. The second kappa shape index (κ2) is 7.56. The molecule has 0 radical (unpaired) electrons. The summed E-state index contributed by atoms with van der Waals surface area (Å²) in [7, 11) is 2.08. The van der Waals surface area contributed by atoms with Gasteiger partial charge in [0.15, 0.2) is 6.04 Å². The van der Waals surface area contributed by atoms with Crippen molar-refractivity contribution in [2.75, 3.05) is 25.9 Å². The van der Waals surface area contributed by atoms with Gasteiger partial charge in [-0.2, -0.15) is 0 Å². The number of quaternary nitrogens is 1. The first-order valence-corrected chi connectivity index (χ1v) is 9.55. The molecule has 5 heteroatoms. The highest BCUT2D eigenvalue weighted by Gasteiger charge is 2.31. The maximum absolute atomic E-state index is 13.0. The minimum Gasteiger partial charge on any atom is -0.399 e. The summed E-state index contributed by atoms with van der Waals surface area (Å²) >= 11 is 0. The zero-order valence-corrected chi connectivity index (χ0v) is 15.4. The smallest absolute Gasteiger partial charge is 0.254 e. The summed E-state index contributed by atoms with van der Waals surface area (Å²) in [6, 6.07) is 5.41. The number of rotatable bonds is 3. The summed E-state index contributed by atoms with van der Waals surface area (Å²) in [5.41, 5.74) is 7.66. The number of piperidine rings is 2. The lowest BCUT2D eigenvalue weighted by Crippen LogP contribution is -3.14. The van der Waals surface area contributed by atoms with Crippen LogP contribution >= 0.6 is 0 Å². The maximum atomic E-state index is 13.0. The van der Waals surface area contributed by atoms with E-state index in [2.05, 4.69) is 14.0 Å². The van der Waals surface area contributed by atoms with E-state index in [1.807, 2.05) is 4.90 Å². The molecule has 3 N–H and O–H groups in total. The van der Waals surface area contributed by atoms with Gasteiger partial charge in [-0.1, -0.05) is 0 Å². The van der Waals surface area contributed by atoms with Gasteiger partial charge in [-0.05, 0) is 57.2 Å². The van der Waals surface area contributed by atoms with Crippen molar-refractivity contribution in [3.63, 3.8) is 0 Å². The Hall–Kier alpha value is -1.88. The third-order valence-electron chi connectivity index (χ3n) is 5.78. The SMILES string of the molecule is C[C@@H]1CCCCN1C(=O)c1cc(N)cc(C(=O)[C@H]2CCCC[NH+]2C)c1. The van der Waals surface area contributed by atoms with Gasteiger partial charge in [0.2, 0.25) is 5.78 Å². The molecule has 136 valence electrons. The highest BCUT2D eigenvalue weighted by atomic mass is 16.2. The zero-order chi connectivity index (χ0) is 18.0. The number of likely N-dealkylation sites (N-methyl/N-ethyl adjacent to an activating group) is 1. The third-order valence-corrected chi connectivity index (χ3v) is 5.78. The number of anilines is 1. The van der Waals surface area contributed by atoms with Crippen molar-refractivity contribution in [1.29, 1.82) is 0 Å². The minimum atomic E-state index is -0.0209. The molecule has 2 heterocycles. The lowest BCUT2D eigenvalue weighted by Gasteiger charge is -2.33.